The largest absolute Gasteiger partial charge is 0.378 e. The number of nitrogens with zero attached hydrogens (tertiary/aromatic N) is 2. The van der Waals surface area contributed by atoms with E-state index in [0.29, 0.717) is 19.6 Å². The molecule has 0 aliphatic carbocycles. The number of benzene rings is 1. The molecule has 1 aromatic carbocycles. The first kappa shape index (κ1) is 14.7. The van der Waals surface area contributed by atoms with Gasteiger partial charge in [-0.1, -0.05) is 18.2 Å². The second-order valence-electron chi connectivity index (χ2n) is 6.40. The molecule has 5 heteroatoms. The quantitative estimate of drug-likeness (QED) is 0.939. The zero-order valence-electron chi connectivity index (χ0n) is 13.4. The molecular weight excluding hydrogens is 290 g/mol. The third kappa shape index (κ3) is 2.99. The third-order valence-corrected chi connectivity index (χ3v) is 4.97. The van der Waals surface area contributed by atoms with E-state index in [2.05, 4.69) is 34.1 Å². The van der Waals surface area contributed by atoms with Crippen LogP contribution in [0.3, 0.4) is 0 Å². The van der Waals surface area contributed by atoms with E-state index in [0.717, 1.165) is 39.1 Å². The molecule has 2 aromatic rings. The second kappa shape index (κ2) is 6.34. The Labute approximate surface area is 136 Å². The Morgan fingerprint density at radius 3 is 2.87 bits per heavy atom. The maximum Gasteiger partial charge on any atom is 0.224 e. The van der Waals surface area contributed by atoms with Crippen LogP contribution in [0.15, 0.2) is 24.3 Å². The van der Waals surface area contributed by atoms with Gasteiger partial charge in [0, 0.05) is 62.2 Å². The van der Waals surface area contributed by atoms with Gasteiger partial charge in [-0.3, -0.25) is 9.69 Å². The van der Waals surface area contributed by atoms with E-state index in [1.165, 1.54) is 22.2 Å². The fraction of sp³-hybridized carbons (Fsp3) is 0.500. The fourth-order valence-corrected chi connectivity index (χ4v) is 3.64. The highest BCUT2D eigenvalue weighted by molar-refractivity contribution is 5.84. The smallest absolute Gasteiger partial charge is 0.224 e. The normalized spacial score (nSPS) is 19.0. The molecule has 0 unspecified atom stereocenters. The van der Waals surface area contributed by atoms with E-state index in [4.69, 9.17) is 4.74 Å². The predicted octanol–water partition coefficient (Wildman–Crippen LogP) is 1.77. The fourth-order valence-electron chi connectivity index (χ4n) is 3.64. The van der Waals surface area contributed by atoms with Gasteiger partial charge in [-0.05, 0) is 11.6 Å². The number of morpholine rings is 1. The highest BCUT2D eigenvalue weighted by Crippen LogP contribution is 2.27. The zero-order chi connectivity index (χ0) is 15.6. The summed E-state index contributed by atoms with van der Waals surface area (Å²) in [7, 11) is 0. The summed E-state index contributed by atoms with van der Waals surface area (Å²) in [6.45, 7) is 5.64. The highest BCUT2D eigenvalue weighted by Gasteiger charge is 2.22. The van der Waals surface area contributed by atoms with Crippen LogP contribution < -0.4 is 0 Å². The summed E-state index contributed by atoms with van der Waals surface area (Å²) >= 11 is 0. The molecule has 0 atom stereocenters. The molecule has 1 saturated heterocycles. The van der Waals surface area contributed by atoms with Gasteiger partial charge < -0.3 is 14.6 Å². The Balaban J connectivity index is 1.39. The Morgan fingerprint density at radius 2 is 2.00 bits per heavy atom. The lowest BCUT2D eigenvalue weighted by Gasteiger charge is -2.30. The van der Waals surface area contributed by atoms with Gasteiger partial charge in [0.15, 0.2) is 0 Å². The molecule has 4 rings (SSSR count). The van der Waals surface area contributed by atoms with Crippen LogP contribution in [-0.4, -0.2) is 60.1 Å². The lowest BCUT2D eigenvalue weighted by atomic mass is 10.0. The minimum atomic E-state index is 0.262. The van der Waals surface area contributed by atoms with Crippen molar-refractivity contribution in [2.24, 2.45) is 0 Å². The van der Waals surface area contributed by atoms with Crippen molar-refractivity contribution in [1.82, 2.24) is 14.8 Å². The second-order valence-corrected chi connectivity index (χ2v) is 6.40. The number of hydrogen-bond donors (Lipinski definition) is 1. The molecule has 23 heavy (non-hydrogen) atoms. The number of fused-ring (bicyclic) bond motifs is 3. The molecule has 0 spiro atoms. The monoisotopic (exact) mass is 313 g/mol. The number of para-hydroxylation sites is 1. The van der Waals surface area contributed by atoms with Crippen LogP contribution in [0.5, 0.6) is 0 Å². The molecule has 0 bridgehead atoms. The maximum atomic E-state index is 12.3. The molecule has 1 fully saturated rings. The lowest BCUT2D eigenvalue weighted by Crippen LogP contribution is -2.42. The number of amides is 1. The van der Waals surface area contributed by atoms with E-state index in [9.17, 15) is 4.79 Å². The number of carbonyl (C=O) groups excluding carboxylic acids is 1. The number of carbonyl (C=O) groups is 1. The van der Waals surface area contributed by atoms with Crippen LogP contribution in [0.25, 0.3) is 10.9 Å². The summed E-state index contributed by atoms with van der Waals surface area (Å²) in [5.74, 6) is 0.262. The number of aromatic amines is 1. The standard InChI is InChI=1S/C18H23N3O2/c22-18(21-9-11-23-12-10-21)6-8-20-7-5-17-15(13-20)14-3-1-2-4-16(14)19-17/h1-4,19H,5-13H2. The van der Waals surface area contributed by atoms with Crippen molar-refractivity contribution in [2.45, 2.75) is 19.4 Å². The average molecular weight is 313 g/mol. The number of hydrogen-bond acceptors (Lipinski definition) is 3. The summed E-state index contributed by atoms with van der Waals surface area (Å²) in [6, 6.07) is 8.49. The Hall–Kier alpha value is -1.85. The summed E-state index contributed by atoms with van der Waals surface area (Å²) < 4.78 is 5.31. The Morgan fingerprint density at radius 1 is 1.17 bits per heavy atom. The van der Waals surface area contributed by atoms with Gasteiger partial charge in [0.25, 0.3) is 0 Å². The first-order valence-electron chi connectivity index (χ1n) is 8.47. The van der Waals surface area contributed by atoms with Crippen molar-refractivity contribution < 1.29 is 9.53 Å². The van der Waals surface area contributed by atoms with Gasteiger partial charge in [-0.25, -0.2) is 0 Å². The van der Waals surface area contributed by atoms with E-state index < -0.39 is 0 Å². The summed E-state index contributed by atoms with van der Waals surface area (Å²) in [5, 5.41) is 1.33. The SMILES string of the molecule is O=C(CCN1CCc2[nH]c3ccccc3c2C1)N1CCOCC1. The van der Waals surface area contributed by atoms with Gasteiger partial charge >= 0.3 is 0 Å². The van der Waals surface area contributed by atoms with Crippen LogP contribution in [0, 0.1) is 0 Å². The first-order chi connectivity index (χ1) is 11.3. The number of rotatable bonds is 3. The van der Waals surface area contributed by atoms with Gasteiger partial charge in [-0.2, -0.15) is 0 Å². The van der Waals surface area contributed by atoms with Crippen LogP contribution in [0.4, 0.5) is 0 Å². The lowest BCUT2D eigenvalue weighted by molar-refractivity contribution is -0.135. The molecule has 122 valence electrons. The number of nitrogens with one attached hydrogen (secondary N) is 1. The Kier molecular flexibility index (Phi) is 4.06. The molecular formula is C18H23N3O2. The minimum absolute atomic E-state index is 0.262. The van der Waals surface area contributed by atoms with Crippen LogP contribution >= 0.6 is 0 Å². The zero-order valence-corrected chi connectivity index (χ0v) is 13.4. The highest BCUT2D eigenvalue weighted by atomic mass is 16.5. The molecule has 1 amide bonds. The van der Waals surface area contributed by atoms with Crippen molar-refractivity contribution in [2.75, 3.05) is 39.4 Å². The van der Waals surface area contributed by atoms with Crippen molar-refractivity contribution >= 4 is 16.8 Å². The van der Waals surface area contributed by atoms with Crippen LogP contribution in [0.1, 0.15) is 17.7 Å². The molecule has 1 N–H and O–H groups in total. The predicted molar refractivity (Wildman–Crippen MR) is 89.3 cm³/mol. The molecule has 0 radical (unpaired) electrons. The molecule has 3 heterocycles. The summed E-state index contributed by atoms with van der Waals surface area (Å²) in [5.41, 5.74) is 4.00. The van der Waals surface area contributed by atoms with Gasteiger partial charge in [0.1, 0.15) is 0 Å². The van der Waals surface area contributed by atoms with Crippen molar-refractivity contribution in [3.05, 3.63) is 35.5 Å². The van der Waals surface area contributed by atoms with Crippen molar-refractivity contribution in [1.29, 1.82) is 0 Å². The average Bonchev–Trinajstić information content (AvgIpc) is 2.98. The summed E-state index contributed by atoms with van der Waals surface area (Å²) in [4.78, 5) is 20.2. The molecule has 2 aliphatic heterocycles. The molecule has 2 aliphatic rings. The number of aromatic nitrogens is 1. The first-order valence-corrected chi connectivity index (χ1v) is 8.47. The van der Waals surface area contributed by atoms with Gasteiger partial charge in [0.2, 0.25) is 5.91 Å². The topological polar surface area (TPSA) is 48.6 Å². The van der Waals surface area contributed by atoms with Crippen LogP contribution in [0.2, 0.25) is 0 Å². The number of ether oxygens (including phenoxy) is 1. The van der Waals surface area contributed by atoms with Crippen LogP contribution in [-0.2, 0) is 22.5 Å². The third-order valence-electron chi connectivity index (χ3n) is 4.97. The van der Waals surface area contributed by atoms with E-state index in [1.54, 1.807) is 0 Å². The number of H-pyrrole nitrogens is 1. The van der Waals surface area contributed by atoms with E-state index >= 15 is 0 Å². The molecule has 5 nitrogen and oxygen atoms in total. The minimum Gasteiger partial charge on any atom is -0.378 e. The molecule has 1 aromatic heterocycles. The van der Waals surface area contributed by atoms with Crippen molar-refractivity contribution in [3.63, 3.8) is 0 Å². The van der Waals surface area contributed by atoms with Gasteiger partial charge in [0.05, 0.1) is 13.2 Å². The van der Waals surface area contributed by atoms with Crippen molar-refractivity contribution in [3.8, 4) is 0 Å². The summed E-state index contributed by atoms with van der Waals surface area (Å²) in [6.07, 6.45) is 1.65. The van der Waals surface area contributed by atoms with E-state index in [-0.39, 0.29) is 5.91 Å². The molecule has 0 saturated carbocycles. The van der Waals surface area contributed by atoms with Gasteiger partial charge in [-0.15, -0.1) is 0 Å². The maximum absolute atomic E-state index is 12.3. The Bertz CT molecular complexity index is 703. The van der Waals surface area contributed by atoms with E-state index in [1.807, 2.05) is 4.90 Å².